The molecule has 23 heavy (non-hydrogen) atoms. The van der Waals surface area contributed by atoms with Gasteiger partial charge in [0.15, 0.2) is 6.10 Å². The minimum atomic E-state index is -1.23. The number of ether oxygens (including phenoxy) is 4. The molecular weight excluding hydrogens is 312 g/mol. The highest BCUT2D eigenvalue weighted by Crippen LogP contribution is 2.10. The van der Waals surface area contributed by atoms with Gasteiger partial charge in [-0.3, -0.25) is 0 Å². The number of methoxy groups -OCH3 is 2. The van der Waals surface area contributed by atoms with E-state index in [0.29, 0.717) is 0 Å². The van der Waals surface area contributed by atoms with Gasteiger partial charge in [0.25, 0.3) is 0 Å². The van der Waals surface area contributed by atoms with E-state index in [2.05, 4.69) is 14.8 Å². The van der Waals surface area contributed by atoms with Crippen molar-refractivity contribution in [3.8, 4) is 0 Å². The maximum atomic E-state index is 12.2. The Balaban J connectivity index is 4.96. The Hall–Kier alpha value is -1.90. The summed E-state index contributed by atoms with van der Waals surface area (Å²) in [7, 11) is 2.25. The van der Waals surface area contributed by atoms with E-state index in [-0.39, 0.29) is 13.0 Å². The first-order chi connectivity index (χ1) is 10.6. The maximum absolute atomic E-state index is 12.2. The molecule has 0 spiro atoms. The van der Waals surface area contributed by atoms with Gasteiger partial charge in [0, 0.05) is 6.42 Å². The molecule has 0 aliphatic carbocycles. The predicted octanol–water partition coefficient (Wildman–Crippen LogP) is 0.970. The first kappa shape index (κ1) is 21.1. The van der Waals surface area contributed by atoms with Crippen LogP contribution in [-0.4, -0.2) is 63.3 Å². The van der Waals surface area contributed by atoms with E-state index in [1.807, 2.05) is 0 Å². The average Bonchev–Trinajstić information content (AvgIpc) is 2.46. The van der Waals surface area contributed by atoms with Crippen molar-refractivity contribution in [1.29, 1.82) is 0 Å². The van der Waals surface area contributed by atoms with Crippen LogP contribution in [0.4, 0.5) is 9.18 Å². The van der Waals surface area contributed by atoms with Crippen LogP contribution in [0, 0.1) is 0 Å². The van der Waals surface area contributed by atoms with Crippen LogP contribution in [0.1, 0.15) is 27.2 Å². The molecule has 0 bridgehead atoms. The highest BCUT2D eigenvalue weighted by atomic mass is 18.2. The molecule has 2 atom stereocenters. The second-order valence-corrected chi connectivity index (χ2v) is 5.53. The Morgan fingerprint density at radius 1 is 1.09 bits per heavy atom. The molecule has 0 saturated heterocycles. The third-order valence-electron chi connectivity index (χ3n) is 2.49. The monoisotopic (exact) mass is 336 g/mol. The van der Waals surface area contributed by atoms with E-state index in [1.54, 1.807) is 20.8 Å². The van der Waals surface area contributed by atoms with Crippen molar-refractivity contribution in [2.24, 2.45) is 0 Å². The van der Waals surface area contributed by atoms with Crippen LogP contribution in [0.2, 0.25) is 0 Å². The Kier molecular flexibility index (Phi) is 9.16. The number of carbonyl (C=O) groups excluding carboxylic acids is 3. The minimum absolute atomic E-state index is 0.279. The summed E-state index contributed by atoms with van der Waals surface area (Å²) in [5.74, 6) is -1.59. The van der Waals surface area contributed by atoms with Crippen LogP contribution >= 0.6 is 0 Å². The van der Waals surface area contributed by atoms with Crippen molar-refractivity contribution < 1.29 is 37.7 Å². The fourth-order valence-corrected chi connectivity index (χ4v) is 1.57. The van der Waals surface area contributed by atoms with Gasteiger partial charge in [-0.1, -0.05) is 0 Å². The van der Waals surface area contributed by atoms with Gasteiger partial charge in [0.2, 0.25) is 0 Å². The maximum Gasteiger partial charge on any atom is 0.408 e. The molecule has 9 heteroatoms. The van der Waals surface area contributed by atoms with E-state index in [1.165, 1.54) is 0 Å². The first-order valence-electron chi connectivity index (χ1n) is 6.97. The molecule has 0 aliphatic heterocycles. The Bertz CT molecular complexity index is 408. The number of hydrogen-bond donors (Lipinski definition) is 1. The van der Waals surface area contributed by atoms with E-state index < -0.39 is 42.5 Å². The lowest BCUT2D eigenvalue weighted by atomic mass is 10.1. The lowest BCUT2D eigenvalue weighted by molar-refractivity contribution is -0.156. The van der Waals surface area contributed by atoms with Crippen molar-refractivity contribution in [2.45, 2.75) is 44.9 Å². The van der Waals surface area contributed by atoms with Gasteiger partial charge >= 0.3 is 18.0 Å². The topological polar surface area (TPSA) is 100 Å². The Labute approximate surface area is 134 Å². The second kappa shape index (κ2) is 9.98. The predicted molar refractivity (Wildman–Crippen MR) is 77.5 cm³/mol. The van der Waals surface area contributed by atoms with Crippen LogP contribution in [-0.2, 0) is 28.5 Å². The SMILES string of the molecule is COC(=O)C(C[C@H](NC(=O)OC(C)(C)C)C(=O)OC)OCC[18F]. The third kappa shape index (κ3) is 8.97. The normalized spacial score (nSPS) is 13.7. The molecule has 1 N–H and O–H groups in total. The van der Waals surface area contributed by atoms with Crippen molar-refractivity contribution >= 4 is 18.0 Å². The fourth-order valence-electron chi connectivity index (χ4n) is 1.57. The molecule has 8 nitrogen and oxygen atoms in total. The molecule has 1 amide bonds. The quantitative estimate of drug-likeness (QED) is 0.521. The number of amides is 1. The number of halogens is 1. The van der Waals surface area contributed by atoms with Crippen LogP contribution in [0.25, 0.3) is 0 Å². The molecule has 0 aromatic rings. The number of esters is 2. The Morgan fingerprint density at radius 3 is 2.09 bits per heavy atom. The number of carbonyl (C=O) groups is 3. The average molecular weight is 336 g/mol. The highest BCUT2D eigenvalue weighted by molar-refractivity contribution is 5.83. The van der Waals surface area contributed by atoms with Crippen LogP contribution < -0.4 is 5.32 Å². The van der Waals surface area contributed by atoms with E-state index in [4.69, 9.17) is 9.47 Å². The van der Waals surface area contributed by atoms with Crippen LogP contribution in [0.15, 0.2) is 0 Å². The molecule has 0 radical (unpaired) electrons. The number of alkyl carbamates (subject to hydrolysis) is 1. The molecule has 0 aromatic heterocycles. The van der Waals surface area contributed by atoms with E-state index >= 15 is 0 Å². The molecule has 0 heterocycles. The van der Waals surface area contributed by atoms with E-state index in [9.17, 15) is 18.8 Å². The molecule has 0 aliphatic rings. The molecular formula is C14H24FNO7. The van der Waals surface area contributed by atoms with Crippen LogP contribution in [0.5, 0.6) is 0 Å². The van der Waals surface area contributed by atoms with Crippen molar-refractivity contribution in [2.75, 3.05) is 27.5 Å². The minimum Gasteiger partial charge on any atom is -0.467 e. The largest absolute Gasteiger partial charge is 0.467 e. The Morgan fingerprint density at radius 2 is 1.65 bits per heavy atom. The molecule has 0 saturated carbocycles. The lowest BCUT2D eigenvalue weighted by Gasteiger charge is -2.24. The summed E-state index contributed by atoms with van der Waals surface area (Å²) >= 11 is 0. The summed E-state index contributed by atoms with van der Waals surface area (Å²) in [5, 5.41) is 2.29. The van der Waals surface area contributed by atoms with Crippen molar-refractivity contribution in [3.05, 3.63) is 0 Å². The van der Waals surface area contributed by atoms with Crippen LogP contribution in [0.3, 0.4) is 0 Å². The molecule has 1 unspecified atom stereocenters. The number of alkyl halides is 1. The molecule has 134 valence electrons. The van der Waals surface area contributed by atoms with E-state index in [0.717, 1.165) is 14.2 Å². The fraction of sp³-hybridized carbons (Fsp3) is 0.786. The standard InChI is InChI=1S/C14H24FNO7/c1-14(2,3)23-13(19)16-9(11(17)20-4)8-10(12(18)21-5)22-7-6-15/h9-10H,6-8H2,1-5H3,(H,16,19)/t9-,10?/m0/s1/i15-1. The summed E-state index contributed by atoms with van der Waals surface area (Å²) in [5.41, 5.74) is -0.767. The first-order valence-corrected chi connectivity index (χ1v) is 6.97. The van der Waals surface area contributed by atoms with Gasteiger partial charge in [0.05, 0.1) is 20.8 Å². The number of rotatable bonds is 8. The van der Waals surface area contributed by atoms with Gasteiger partial charge in [-0.25, -0.2) is 18.8 Å². The van der Waals surface area contributed by atoms with Gasteiger partial charge < -0.3 is 24.3 Å². The summed E-state index contributed by atoms with van der Waals surface area (Å²) in [6, 6.07) is -1.21. The van der Waals surface area contributed by atoms with Gasteiger partial charge in [-0.05, 0) is 20.8 Å². The number of nitrogens with one attached hydrogen (secondary N) is 1. The zero-order chi connectivity index (χ0) is 18.0. The molecule has 0 rings (SSSR count). The zero-order valence-corrected chi connectivity index (χ0v) is 14.0. The van der Waals surface area contributed by atoms with Crippen molar-refractivity contribution in [1.82, 2.24) is 5.32 Å². The summed E-state index contributed by atoms with van der Waals surface area (Å²) < 4.78 is 31.4. The summed E-state index contributed by atoms with van der Waals surface area (Å²) in [4.78, 5) is 35.1. The number of hydrogen-bond acceptors (Lipinski definition) is 7. The molecule has 0 aromatic carbocycles. The third-order valence-corrected chi connectivity index (χ3v) is 2.49. The lowest BCUT2D eigenvalue weighted by Crippen LogP contribution is -2.47. The summed E-state index contributed by atoms with van der Waals surface area (Å²) in [6.45, 7) is 3.81. The zero-order valence-electron chi connectivity index (χ0n) is 14.0. The smallest absolute Gasteiger partial charge is 0.408 e. The van der Waals surface area contributed by atoms with Gasteiger partial charge in [-0.2, -0.15) is 0 Å². The van der Waals surface area contributed by atoms with Gasteiger partial charge in [0.1, 0.15) is 18.3 Å². The van der Waals surface area contributed by atoms with Crippen molar-refractivity contribution in [3.63, 3.8) is 0 Å². The highest BCUT2D eigenvalue weighted by Gasteiger charge is 2.31. The van der Waals surface area contributed by atoms with Gasteiger partial charge in [-0.15, -0.1) is 0 Å². The molecule has 0 fully saturated rings. The second-order valence-electron chi connectivity index (χ2n) is 5.53. The summed E-state index contributed by atoms with van der Waals surface area (Å²) in [6.07, 6.45) is -2.37.